The van der Waals surface area contributed by atoms with Crippen LogP contribution in [0.2, 0.25) is 0 Å². The number of nitrogens with one attached hydrogen (secondary N) is 1. The van der Waals surface area contributed by atoms with Gasteiger partial charge in [-0.2, -0.15) is 0 Å². The Labute approximate surface area is 155 Å². The third kappa shape index (κ3) is 4.37. The molecule has 2 aromatic rings. The molecule has 0 aromatic heterocycles. The van der Waals surface area contributed by atoms with Gasteiger partial charge in [-0.25, -0.2) is 13.1 Å². The molecule has 0 amide bonds. The highest BCUT2D eigenvalue weighted by Crippen LogP contribution is 2.31. The summed E-state index contributed by atoms with van der Waals surface area (Å²) in [5.41, 5.74) is 3.45. The number of rotatable bonds is 7. The Balaban J connectivity index is 1.66. The number of fused-ring (bicyclic) bond motifs is 1. The first-order valence-corrected chi connectivity index (χ1v) is 10.4. The van der Waals surface area contributed by atoms with Crippen LogP contribution in [0.25, 0.3) is 0 Å². The van der Waals surface area contributed by atoms with Crippen molar-refractivity contribution in [3.05, 3.63) is 53.1 Å². The summed E-state index contributed by atoms with van der Waals surface area (Å²) in [7, 11) is -2.15. The summed E-state index contributed by atoms with van der Waals surface area (Å²) in [6.45, 7) is 2.45. The second-order valence-corrected chi connectivity index (χ2v) is 8.27. The zero-order valence-electron chi connectivity index (χ0n) is 15.2. The molecule has 1 aliphatic carbocycles. The van der Waals surface area contributed by atoms with Gasteiger partial charge in [0, 0.05) is 6.54 Å². The zero-order chi connectivity index (χ0) is 18.6. The molecule has 0 aliphatic heterocycles. The fourth-order valence-electron chi connectivity index (χ4n) is 3.17. The number of methoxy groups -OCH3 is 1. The van der Waals surface area contributed by atoms with Gasteiger partial charge < -0.3 is 9.47 Å². The molecule has 1 aliphatic rings. The van der Waals surface area contributed by atoms with E-state index in [-0.39, 0.29) is 18.0 Å². The first-order valence-electron chi connectivity index (χ1n) is 8.88. The fraction of sp³-hybridized carbons (Fsp3) is 0.400. The van der Waals surface area contributed by atoms with Crippen LogP contribution in [0.3, 0.4) is 0 Å². The van der Waals surface area contributed by atoms with Crippen molar-refractivity contribution < 1.29 is 17.9 Å². The summed E-state index contributed by atoms with van der Waals surface area (Å²) < 4.78 is 38.9. The SMILES string of the molecule is COc1cc2c(cc1S(=O)(=O)NCCOc1ccc(C)cc1)CCCC2. The van der Waals surface area contributed by atoms with Crippen LogP contribution >= 0.6 is 0 Å². The lowest BCUT2D eigenvalue weighted by Crippen LogP contribution is -2.29. The molecule has 0 unspecified atom stereocenters. The van der Waals surface area contributed by atoms with E-state index in [0.29, 0.717) is 5.75 Å². The summed E-state index contributed by atoms with van der Waals surface area (Å²) in [5, 5.41) is 0. The van der Waals surface area contributed by atoms with Crippen molar-refractivity contribution in [2.45, 2.75) is 37.5 Å². The molecule has 26 heavy (non-hydrogen) atoms. The Hall–Kier alpha value is -2.05. The molecule has 140 valence electrons. The Morgan fingerprint density at radius 1 is 1.04 bits per heavy atom. The van der Waals surface area contributed by atoms with E-state index in [1.54, 1.807) is 6.07 Å². The van der Waals surface area contributed by atoms with E-state index in [0.717, 1.165) is 42.6 Å². The van der Waals surface area contributed by atoms with Gasteiger partial charge in [-0.05, 0) is 68.0 Å². The van der Waals surface area contributed by atoms with E-state index in [2.05, 4.69) is 4.72 Å². The van der Waals surface area contributed by atoms with Crippen LogP contribution in [0.4, 0.5) is 0 Å². The van der Waals surface area contributed by atoms with E-state index in [4.69, 9.17) is 9.47 Å². The van der Waals surface area contributed by atoms with Crippen molar-refractivity contribution >= 4 is 10.0 Å². The molecule has 0 heterocycles. The molecular weight excluding hydrogens is 350 g/mol. The van der Waals surface area contributed by atoms with E-state index in [9.17, 15) is 8.42 Å². The normalized spacial score (nSPS) is 13.9. The topological polar surface area (TPSA) is 64.6 Å². The second kappa shape index (κ2) is 8.10. The number of ether oxygens (including phenoxy) is 2. The minimum absolute atomic E-state index is 0.191. The average molecular weight is 375 g/mol. The average Bonchev–Trinajstić information content (AvgIpc) is 2.65. The van der Waals surface area contributed by atoms with Crippen molar-refractivity contribution in [2.75, 3.05) is 20.3 Å². The highest BCUT2D eigenvalue weighted by molar-refractivity contribution is 7.89. The lowest BCUT2D eigenvalue weighted by Gasteiger charge is -2.19. The Kier molecular flexibility index (Phi) is 5.84. The predicted molar refractivity (Wildman–Crippen MR) is 101 cm³/mol. The molecule has 0 saturated heterocycles. The van der Waals surface area contributed by atoms with Gasteiger partial charge in [-0.3, -0.25) is 0 Å². The lowest BCUT2D eigenvalue weighted by molar-refractivity contribution is 0.322. The summed E-state index contributed by atoms with van der Waals surface area (Å²) in [6, 6.07) is 11.3. The molecule has 0 spiro atoms. The van der Waals surface area contributed by atoms with E-state index < -0.39 is 10.0 Å². The van der Waals surface area contributed by atoms with Gasteiger partial charge in [-0.1, -0.05) is 17.7 Å². The standard InChI is InChI=1S/C20H25NO4S/c1-15-7-9-18(10-8-15)25-12-11-21-26(22,23)20-14-17-6-4-3-5-16(17)13-19(20)24-2/h7-10,13-14,21H,3-6,11-12H2,1-2H3. The van der Waals surface area contributed by atoms with Crippen molar-refractivity contribution in [1.29, 1.82) is 0 Å². The van der Waals surface area contributed by atoms with Crippen LogP contribution in [-0.4, -0.2) is 28.7 Å². The maximum atomic E-state index is 12.7. The molecule has 0 fully saturated rings. The summed E-state index contributed by atoms with van der Waals surface area (Å²) >= 11 is 0. The minimum Gasteiger partial charge on any atom is -0.495 e. The Bertz CT molecular complexity index is 860. The van der Waals surface area contributed by atoms with Crippen molar-refractivity contribution in [1.82, 2.24) is 4.72 Å². The van der Waals surface area contributed by atoms with Crippen molar-refractivity contribution in [2.24, 2.45) is 0 Å². The molecule has 6 heteroatoms. The minimum atomic E-state index is -3.65. The quantitative estimate of drug-likeness (QED) is 0.755. The number of benzene rings is 2. The number of hydrogen-bond donors (Lipinski definition) is 1. The monoisotopic (exact) mass is 375 g/mol. The van der Waals surface area contributed by atoms with Crippen LogP contribution in [-0.2, 0) is 22.9 Å². The number of sulfonamides is 1. The smallest absolute Gasteiger partial charge is 0.244 e. The van der Waals surface area contributed by atoms with Crippen LogP contribution in [0, 0.1) is 6.92 Å². The van der Waals surface area contributed by atoms with Gasteiger partial charge in [-0.15, -0.1) is 0 Å². The van der Waals surface area contributed by atoms with Crippen LogP contribution in [0.5, 0.6) is 11.5 Å². The number of hydrogen-bond acceptors (Lipinski definition) is 4. The summed E-state index contributed by atoms with van der Waals surface area (Å²) in [5.74, 6) is 1.12. The molecule has 1 N–H and O–H groups in total. The third-order valence-corrected chi connectivity index (χ3v) is 6.08. The maximum Gasteiger partial charge on any atom is 0.244 e. The fourth-order valence-corrected chi connectivity index (χ4v) is 4.38. The van der Waals surface area contributed by atoms with Gasteiger partial charge in [0.15, 0.2) is 0 Å². The van der Waals surface area contributed by atoms with E-state index >= 15 is 0 Å². The molecule has 0 radical (unpaired) electrons. The van der Waals surface area contributed by atoms with Crippen LogP contribution in [0.1, 0.15) is 29.5 Å². The molecule has 0 atom stereocenters. The van der Waals surface area contributed by atoms with Gasteiger partial charge in [0.1, 0.15) is 23.0 Å². The first kappa shape index (κ1) is 18.7. The van der Waals surface area contributed by atoms with Gasteiger partial charge in [0.25, 0.3) is 0 Å². The molecule has 2 aromatic carbocycles. The summed E-state index contributed by atoms with van der Waals surface area (Å²) in [4.78, 5) is 0.205. The molecule has 5 nitrogen and oxygen atoms in total. The van der Waals surface area contributed by atoms with Gasteiger partial charge in [0.05, 0.1) is 7.11 Å². The first-order chi connectivity index (χ1) is 12.5. The number of aryl methyl sites for hydroxylation is 3. The second-order valence-electron chi connectivity index (χ2n) is 6.54. The molecule has 0 bridgehead atoms. The largest absolute Gasteiger partial charge is 0.495 e. The lowest BCUT2D eigenvalue weighted by atomic mass is 9.92. The summed E-state index contributed by atoms with van der Waals surface area (Å²) in [6.07, 6.45) is 4.12. The molecule has 0 saturated carbocycles. The zero-order valence-corrected chi connectivity index (χ0v) is 16.1. The van der Waals surface area contributed by atoms with E-state index in [1.807, 2.05) is 37.3 Å². The van der Waals surface area contributed by atoms with Crippen LogP contribution < -0.4 is 14.2 Å². The van der Waals surface area contributed by atoms with Gasteiger partial charge >= 0.3 is 0 Å². The van der Waals surface area contributed by atoms with Gasteiger partial charge in [0.2, 0.25) is 10.0 Å². The van der Waals surface area contributed by atoms with E-state index in [1.165, 1.54) is 12.7 Å². The Morgan fingerprint density at radius 3 is 2.35 bits per heavy atom. The highest BCUT2D eigenvalue weighted by Gasteiger charge is 2.22. The predicted octanol–water partition coefficient (Wildman–Crippen LogP) is 3.24. The van der Waals surface area contributed by atoms with Crippen LogP contribution in [0.15, 0.2) is 41.3 Å². The third-order valence-electron chi connectivity index (χ3n) is 4.60. The Morgan fingerprint density at radius 2 is 1.69 bits per heavy atom. The molecule has 3 rings (SSSR count). The highest BCUT2D eigenvalue weighted by atomic mass is 32.2. The van der Waals surface area contributed by atoms with Crippen molar-refractivity contribution in [3.63, 3.8) is 0 Å². The van der Waals surface area contributed by atoms with Crippen molar-refractivity contribution in [3.8, 4) is 11.5 Å². The molecular formula is C20H25NO4S. The maximum absolute atomic E-state index is 12.7.